The molecule has 1 aromatic rings. The molecule has 1 aliphatic rings. The molecule has 0 fully saturated rings. The van der Waals surface area contributed by atoms with E-state index in [0.29, 0.717) is 5.92 Å². The Hall–Kier alpha value is -1.38. The maximum absolute atomic E-state index is 4.06. The van der Waals surface area contributed by atoms with Gasteiger partial charge in [-0.1, -0.05) is 19.1 Å². The highest BCUT2D eigenvalue weighted by Gasteiger charge is 2.01. The molecule has 0 aliphatic carbocycles. The van der Waals surface area contributed by atoms with Crippen molar-refractivity contribution >= 4 is 12.3 Å². The van der Waals surface area contributed by atoms with E-state index >= 15 is 0 Å². The zero-order chi connectivity index (χ0) is 7.68. The third kappa shape index (κ3) is 1.09. The molecule has 11 heavy (non-hydrogen) atoms. The zero-order valence-corrected chi connectivity index (χ0v) is 6.31. The summed E-state index contributed by atoms with van der Waals surface area (Å²) in [5, 5.41) is 4.02. The number of hydrogen-bond donors (Lipinski definition) is 0. The number of rotatable bonds is 0. The summed E-state index contributed by atoms with van der Waals surface area (Å²) in [7, 11) is 0. The van der Waals surface area contributed by atoms with Crippen LogP contribution in [0.1, 0.15) is 12.7 Å². The molecular weight excluding hydrogens is 138 g/mol. The average molecular weight is 147 g/mol. The van der Waals surface area contributed by atoms with E-state index in [1.807, 2.05) is 12.3 Å². The first-order chi connectivity index (χ1) is 5.36. The summed E-state index contributed by atoms with van der Waals surface area (Å²) in [6.45, 7) is 2.12. The number of aromatic nitrogens is 3. The molecule has 56 valence electrons. The van der Waals surface area contributed by atoms with Crippen LogP contribution in [0.25, 0.3) is 12.3 Å². The fourth-order valence-electron chi connectivity index (χ4n) is 1.01. The van der Waals surface area contributed by atoms with Gasteiger partial charge in [-0.15, -0.1) is 0 Å². The van der Waals surface area contributed by atoms with E-state index in [2.05, 4.69) is 29.2 Å². The second-order valence-corrected chi connectivity index (χ2v) is 2.62. The largest absolute Gasteiger partial charge is 0.221 e. The van der Waals surface area contributed by atoms with Crippen LogP contribution in [0, 0.1) is 5.92 Å². The summed E-state index contributed by atoms with van der Waals surface area (Å²) in [5.41, 5.74) is 0. The Morgan fingerprint density at radius 1 is 1.45 bits per heavy atom. The van der Waals surface area contributed by atoms with Gasteiger partial charge in [0.25, 0.3) is 0 Å². The van der Waals surface area contributed by atoms with E-state index in [1.54, 1.807) is 11.0 Å². The lowest BCUT2D eigenvalue weighted by molar-refractivity contribution is 0.908. The number of allylic oxidation sites excluding steroid dienone is 2. The van der Waals surface area contributed by atoms with Gasteiger partial charge in [-0.3, -0.25) is 0 Å². The van der Waals surface area contributed by atoms with Gasteiger partial charge >= 0.3 is 0 Å². The Kier molecular flexibility index (Phi) is 1.35. The Morgan fingerprint density at radius 3 is 3.27 bits per heavy atom. The summed E-state index contributed by atoms with van der Waals surface area (Å²) in [6.07, 6.45) is 9.66. The van der Waals surface area contributed by atoms with Crippen molar-refractivity contribution < 1.29 is 0 Å². The molecule has 0 saturated heterocycles. The van der Waals surface area contributed by atoms with Crippen LogP contribution in [0.5, 0.6) is 0 Å². The van der Waals surface area contributed by atoms with Gasteiger partial charge in [-0.05, 0) is 12.0 Å². The Balaban J connectivity index is 2.48. The first kappa shape index (κ1) is 6.34. The Morgan fingerprint density at radius 2 is 2.36 bits per heavy atom. The van der Waals surface area contributed by atoms with Crippen LogP contribution in [0.4, 0.5) is 0 Å². The summed E-state index contributed by atoms with van der Waals surface area (Å²) in [6, 6.07) is 0. The molecule has 1 aliphatic heterocycles. The average Bonchev–Trinajstić information content (AvgIpc) is 2.38. The van der Waals surface area contributed by atoms with Crippen molar-refractivity contribution in [2.24, 2.45) is 5.92 Å². The van der Waals surface area contributed by atoms with Crippen LogP contribution in [-0.4, -0.2) is 14.8 Å². The first-order valence-corrected chi connectivity index (χ1v) is 3.62. The van der Waals surface area contributed by atoms with Crippen molar-refractivity contribution in [1.29, 1.82) is 0 Å². The zero-order valence-electron chi connectivity index (χ0n) is 6.31. The summed E-state index contributed by atoms with van der Waals surface area (Å²) in [5.74, 6) is 1.36. The lowest BCUT2D eigenvalue weighted by atomic mass is 10.2. The molecule has 2 heterocycles. The van der Waals surface area contributed by atoms with Crippen molar-refractivity contribution in [3.8, 4) is 0 Å². The van der Waals surface area contributed by atoms with Crippen LogP contribution in [-0.2, 0) is 0 Å². The maximum Gasteiger partial charge on any atom is 0.154 e. The van der Waals surface area contributed by atoms with Gasteiger partial charge in [-0.2, -0.15) is 5.10 Å². The highest BCUT2D eigenvalue weighted by atomic mass is 15.3. The van der Waals surface area contributed by atoms with Crippen molar-refractivity contribution in [1.82, 2.24) is 14.8 Å². The quantitative estimate of drug-likeness (QED) is 0.555. The maximum atomic E-state index is 4.06. The summed E-state index contributed by atoms with van der Waals surface area (Å²) < 4.78 is 1.76. The minimum Gasteiger partial charge on any atom is -0.221 e. The van der Waals surface area contributed by atoms with Crippen LogP contribution in [0.2, 0.25) is 0 Å². The van der Waals surface area contributed by atoms with Gasteiger partial charge in [-0.25, -0.2) is 9.67 Å². The monoisotopic (exact) mass is 147 g/mol. The van der Waals surface area contributed by atoms with Crippen molar-refractivity contribution in [2.45, 2.75) is 6.92 Å². The molecule has 3 heteroatoms. The molecule has 0 bridgehead atoms. The first-order valence-electron chi connectivity index (χ1n) is 3.62. The summed E-state index contributed by atoms with van der Waals surface area (Å²) >= 11 is 0. The van der Waals surface area contributed by atoms with Gasteiger partial charge < -0.3 is 0 Å². The van der Waals surface area contributed by atoms with Crippen molar-refractivity contribution in [3.05, 3.63) is 24.3 Å². The number of hydrogen-bond acceptors (Lipinski definition) is 2. The lowest BCUT2D eigenvalue weighted by Gasteiger charge is -1.91. The molecule has 0 N–H and O–H groups in total. The topological polar surface area (TPSA) is 30.7 Å². The molecule has 0 saturated carbocycles. The summed E-state index contributed by atoms with van der Waals surface area (Å²) in [4.78, 5) is 4.06. The molecule has 1 aromatic heterocycles. The van der Waals surface area contributed by atoms with Crippen LogP contribution in [0.3, 0.4) is 0 Å². The molecular formula is C8H9N3. The fraction of sp³-hybridized carbons (Fsp3) is 0.250. The van der Waals surface area contributed by atoms with Crippen LogP contribution < -0.4 is 0 Å². The Labute approximate surface area is 65.1 Å². The molecule has 0 radical (unpaired) electrons. The highest BCUT2D eigenvalue weighted by molar-refractivity contribution is 5.47. The molecule has 2 rings (SSSR count). The standard InChI is InChI=1S/C8H9N3/c1-7-2-3-8-9-6-10-11(8)5-4-7/h2-7H,1H3. The molecule has 0 amide bonds. The van der Waals surface area contributed by atoms with E-state index in [4.69, 9.17) is 0 Å². The van der Waals surface area contributed by atoms with E-state index < -0.39 is 0 Å². The highest BCUT2D eigenvalue weighted by Crippen LogP contribution is 2.09. The minimum atomic E-state index is 0.471. The van der Waals surface area contributed by atoms with Gasteiger partial charge in [0.1, 0.15) is 6.33 Å². The number of fused-ring (bicyclic) bond motifs is 1. The predicted molar refractivity (Wildman–Crippen MR) is 43.6 cm³/mol. The van der Waals surface area contributed by atoms with Gasteiger partial charge in [0.05, 0.1) is 0 Å². The SMILES string of the molecule is CC1C=Cc2ncnn2C=C1. The molecule has 0 spiro atoms. The van der Waals surface area contributed by atoms with Crippen LogP contribution >= 0.6 is 0 Å². The van der Waals surface area contributed by atoms with Gasteiger partial charge in [0.2, 0.25) is 0 Å². The molecule has 1 atom stereocenters. The second-order valence-electron chi connectivity index (χ2n) is 2.62. The van der Waals surface area contributed by atoms with E-state index in [-0.39, 0.29) is 0 Å². The van der Waals surface area contributed by atoms with Crippen LogP contribution in [0.15, 0.2) is 18.5 Å². The van der Waals surface area contributed by atoms with E-state index in [1.165, 1.54) is 0 Å². The molecule has 1 unspecified atom stereocenters. The third-order valence-electron chi connectivity index (χ3n) is 1.68. The second kappa shape index (κ2) is 2.34. The smallest absolute Gasteiger partial charge is 0.154 e. The number of nitrogens with zero attached hydrogens (tertiary/aromatic N) is 3. The van der Waals surface area contributed by atoms with E-state index in [0.717, 1.165) is 5.82 Å². The molecule has 0 aromatic carbocycles. The minimum absolute atomic E-state index is 0.471. The van der Waals surface area contributed by atoms with E-state index in [9.17, 15) is 0 Å². The van der Waals surface area contributed by atoms with Gasteiger partial charge in [0, 0.05) is 6.20 Å². The lowest BCUT2D eigenvalue weighted by Crippen LogP contribution is -1.90. The Bertz CT molecular complexity index is 280. The predicted octanol–water partition coefficient (Wildman–Crippen LogP) is 1.41. The third-order valence-corrected chi connectivity index (χ3v) is 1.68. The molecule has 3 nitrogen and oxygen atoms in total. The van der Waals surface area contributed by atoms with Gasteiger partial charge in [0.15, 0.2) is 5.82 Å². The van der Waals surface area contributed by atoms with Crippen molar-refractivity contribution in [2.75, 3.05) is 0 Å². The van der Waals surface area contributed by atoms with Crippen molar-refractivity contribution in [3.63, 3.8) is 0 Å². The normalized spacial score (nSPS) is 21.4. The fourth-order valence-corrected chi connectivity index (χ4v) is 1.01.